The summed E-state index contributed by atoms with van der Waals surface area (Å²) in [5.74, 6) is 1.09. The maximum atomic E-state index is 4.61. The second-order valence-electron chi connectivity index (χ2n) is 6.06. The van der Waals surface area contributed by atoms with Crippen molar-refractivity contribution in [3.05, 3.63) is 24.2 Å². The number of nitrogens with zero attached hydrogens (tertiary/aromatic N) is 4. The monoisotopic (exact) mass is 258 g/mol. The maximum Gasteiger partial charge on any atom is 0.154 e. The number of hydrogen-bond donors (Lipinski definition) is 0. The van der Waals surface area contributed by atoms with Gasteiger partial charge in [-0.25, -0.2) is 9.50 Å². The summed E-state index contributed by atoms with van der Waals surface area (Å²) in [5, 5.41) is 4.48. The summed E-state index contributed by atoms with van der Waals surface area (Å²) in [6, 6.07) is 2.13. The summed E-state index contributed by atoms with van der Waals surface area (Å²) >= 11 is 0. The number of anilines is 1. The van der Waals surface area contributed by atoms with E-state index in [4.69, 9.17) is 0 Å². The summed E-state index contributed by atoms with van der Waals surface area (Å²) in [5.41, 5.74) is 2.59. The fourth-order valence-corrected chi connectivity index (χ4v) is 3.06. The first-order valence-electron chi connectivity index (χ1n) is 7.17. The zero-order chi connectivity index (χ0) is 13.5. The highest BCUT2D eigenvalue weighted by Crippen LogP contribution is 2.35. The van der Waals surface area contributed by atoms with E-state index in [-0.39, 0.29) is 0 Å². The Morgan fingerprint density at radius 1 is 1.42 bits per heavy atom. The first-order valence-corrected chi connectivity index (χ1v) is 7.17. The van der Waals surface area contributed by atoms with E-state index in [1.165, 1.54) is 19.3 Å². The van der Waals surface area contributed by atoms with Crippen LogP contribution in [0.5, 0.6) is 0 Å². The smallest absolute Gasteiger partial charge is 0.154 e. The summed E-state index contributed by atoms with van der Waals surface area (Å²) < 4.78 is 1.94. The Balaban J connectivity index is 1.99. The SMILES string of the molecule is CCC1(C)CCCN(c2nccn3nc(C)cc23)C1. The van der Waals surface area contributed by atoms with Gasteiger partial charge in [0.25, 0.3) is 0 Å². The number of rotatable bonds is 2. The van der Waals surface area contributed by atoms with Crippen LogP contribution in [0.15, 0.2) is 18.5 Å². The van der Waals surface area contributed by atoms with Gasteiger partial charge < -0.3 is 4.90 Å². The average Bonchev–Trinajstić information content (AvgIpc) is 2.78. The third-order valence-electron chi connectivity index (χ3n) is 4.43. The molecule has 0 aromatic carbocycles. The van der Waals surface area contributed by atoms with Gasteiger partial charge in [0, 0.05) is 25.5 Å². The predicted octanol–water partition coefficient (Wildman–Crippen LogP) is 3.05. The topological polar surface area (TPSA) is 33.4 Å². The molecule has 1 unspecified atom stereocenters. The second-order valence-corrected chi connectivity index (χ2v) is 6.06. The highest BCUT2D eigenvalue weighted by Gasteiger charge is 2.30. The van der Waals surface area contributed by atoms with Crippen LogP contribution in [-0.4, -0.2) is 27.7 Å². The van der Waals surface area contributed by atoms with Crippen molar-refractivity contribution in [2.75, 3.05) is 18.0 Å². The van der Waals surface area contributed by atoms with E-state index in [1.54, 1.807) is 0 Å². The third-order valence-corrected chi connectivity index (χ3v) is 4.43. The molecule has 102 valence electrons. The van der Waals surface area contributed by atoms with E-state index in [9.17, 15) is 0 Å². The quantitative estimate of drug-likeness (QED) is 0.830. The zero-order valence-electron chi connectivity index (χ0n) is 12.1. The fraction of sp³-hybridized carbons (Fsp3) is 0.600. The van der Waals surface area contributed by atoms with Crippen molar-refractivity contribution < 1.29 is 0 Å². The molecule has 19 heavy (non-hydrogen) atoms. The van der Waals surface area contributed by atoms with Crippen molar-refractivity contribution in [3.63, 3.8) is 0 Å². The minimum atomic E-state index is 0.418. The molecule has 1 saturated heterocycles. The van der Waals surface area contributed by atoms with Gasteiger partial charge in [0.2, 0.25) is 0 Å². The van der Waals surface area contributed by atoms with Crippen LogP contribution in [0.3, 0.4) is 0 Å². The molecule has 0 bridgehead atoms. The van der Waals surface area contributed by atoms with Crippen molar-refractivity contribution in [1.82, 2.24) is 14.6 Å². The van der Waals surface area contributed by atoms with Crippen molar-refractivity contribution in [2.45, 2.75) is 40.0 Å². The number of aryl methyl sites for hydroxylation is 1. The summed E-state index contributed by atoms with van der Waals surface area (Å²) in [6.45, 7) is 8.91. The lowest BCUT2D eigenvalue weighted by molar-refractivity contribution is 0.251. The standard InChI is InChI=1S/C15H22N4/c1-4-15(3)6-5-8-18(11-15)14-13-10-12(2)17-19(13)9-7-16-14/h7,9-10H,4-6,8,11H2,1-3H3. The molecule has 0 spiro atoms. The van der Waals surface area contributed by atoms with Crippen LogP contribution in [-0.2, 0) is 0 Å². The van der Waals surface area contributed by atoms with E-state index in [0.717, 1.165) is 30.1 Å². The minimum absolute atomic E-state index is 0.418. The van der Waals surface area contributed by atoms with Gasteiger partial charge in [-0.2, -0.15) is 5.10 Å². The normalized spacial score (nSPS) is 24.1. The molecule has 1 aliphatic heterocycles. The number of aromatic nitrogens is 3. The molecule has 4 heteroatoms. The Morgan fingerprint density at radius 2 is 2.26 bits per heavy atom. The van der Waals surface area contributed by atoms with Crippen molar-refractivity contribution >= 4 is 11.3 Å². The van der Waals surface area contributed by atoms with E-state index in [1.807, 2.05) is 23.8 Å². The molecule has 1 atom stereocenters. The van der Waals surface area contributed by atoms with Crippen molar-refractivity contribution in [3.8, 4) is 0 Å². The third kappa shape index (κ3) is 2.20. The lowest BCUT2D eigenvalue weighted by Gasteiger charge is -2.40. The Labute approximate surface area is 114 Å². The predicted molar refractivity (Wildman–Crippen MR) is 77.6 cm³/mol. The van der Waals surface area contributed by atoms with Gasteiger partial charge in [-0.3, -0.25) is 0 Å². The lowest BCUT2D eigenvalue weighted by Crippen LogP contribution is -2.42. The van der Waals surface area contributed by atoms with Gasteiger partial charge in [0.05, 0.1) is 5.69 Å². The van der Waals surface area contributed by atoms with Crippen LogP contribution in [0.25, 0.3) is 5.52 Å². The second kappa shape index (κ2) is 4.51. The molecule has 0 saturated carbocycles. The molecule has 0 aliphatic carbocycles. The van der Waals surface area contributed by atoms with Crippen molar-refractivity contribution in [2.24, 2.45) is 5.41 Å². The highest BCUT2D eigenvalue weighted by molar-refractivity contribution is 5.69. The summed E-state index contributed by atoms with van der Waals surface area (Å²) in [7, 11) is 0. The van der Waals surface area contributed by atoms with Crippen LogP contribution in [0, 0.1) is 12.3 Å². The highest BCUT2D eigenvalue weighted by atomic mass is 15.3. The van der Waals surface area contributed by atoms with Gasteiger partial charge >= 0.3 is 0 Å². The molecule has 1 aliphatic rings. The van der Waals surface area contributed by atoms with Crippen LogP contribution in [0.4, 0.5) is 5.82 Å². The largest absolute Gasteiger partial charge is 0.354 e. The molecule has 0 amide bonds. The van der Waals surface area contributed by atoms with Crippen molar-refractivity contribution in [1.29, 1.82) is 0 Å². The van der Waals surface area contributed by atoms with Crippen LogP contribution in [0.2, 0.25) is 0 Å². The molecule has 3 rings (SSSR count). The van der Waals surface area contributed by atoms with E-state index >= 15 is 0 Å². The molecule has 3 heterocycles. The Kier molecular flexibility index (Phi) is 2.96. The van der Waals surface area contributed by atoms with Gasteiger partial charge in [-0.05, 0) is 37.7 Å². The number of fused-ring (bicyclic) bond motifs is 1. The molecular weight excluding hydrogens is 236 g/mol. The summed E-state index contributed by atoms with van der Waals surface area (Å²) in [6.07, 6.45) is 7.58. The molecule has 4 nitrogen and oxygen atoms in total. The van der Waals surface area contributed by atoms with E-state index in [2.05, 4.69) is 34.9 Å². The molecular formula is C15H22N4. The Bertz CT molecular complexity index is 589. The van der Waals surface area contributed by atoms with Gasteiger partial charge in [0.1, 0.15) is 5.52 Å². The maximum absolute atomic E-state index is 4.61. The van der Waals surface area contributed by atoms with Crippen LogP contribution in [0.1, 0.15) is 38.8 Å². The average molecular weight is 258 g/mol. The summed E-state index contributed by atoms with van der Waals surface area (Å²) in [4.78, 5) is 7.04. The lowest BCUT2D eigenvalue weighted by atomic mass is 9.79. The zero-order valence-corrected chi connectivity index (χ0v) is 12.1. The molecule has 0 radical (unpaired) electrons. The van der Waals surface area contributed by atoms with E-state index in [0.29, 0.717) is 5.41 Å². The van der Waals surface area contributed by atoms with E-state index < -0.39 is 0 Å². The minimum Gasteiger partial charge on any atom is -0.354 e. The fourth-order valence-electron chi connectivity index (χ4n) is 3.06. The van der Waals surface area contributed by atoms with Gasteiger partial charge in [0.15, 0.2) is 5.82 Å². The molecule has 0 N–H and O–H groups in total. The first-order chi connectivity index (χ1) is 9.11. The van der Waals surface area contributed by atoms with Gasteiger partial charge in [-0.1, -0.05) is 13.8 Å². The van der Waals surface area contributed by atoms with Crippen LogP contribution >= 0.6 is 0 Å². The number of hydrogen-bond acceptors (Lipinski definition) is 3. The van der Waals surface area contributed by atoms with Crippen LogP contribution < -0.4 is 4.90 Å². The Morgan fingerprint density at radius 3 is 3.05 bits per heavy atom. The number of piperidine rings is 1. The molecule has 2 aromatic heterocycles. The molecule has 1 fully saturated rings. The Hall–Kier alpha value is -1.58. The molecule has 2 aromatic rings. The van der Waals surface area contributed by atoms with Gasteiger partial charge in [-0.15, -0.1) is 0 Å². The first kappa shape index (κ1) is 12.5.